The van der Waals surface area contributed by atoms with Gasteiger partial charge in [-0.05, 0) is 55.8 Å². The van der Waals surface area contributed by atoms with Gasteiger partial charge in [0.25, 0.3) is 5.91 Å². The summed E-state index contributed by atoms with van der Waals surface area (Å²) in [7, 11) is 0. The predicted octanol–water partition coefficient (Wildman–Crippen LogP) is 2.23. The fraction of sp³-hybridized carbons (Fsp3) is 0.429. The van der Waals surface area contributed by atoms with Crippen LogP contribution in [-0.4, -0.2) is 60.7 Å². The fourth-order valence-corrected chi connectivity index (χ4v) is 3.83. The summed E-state index contributed by atoms with van der Waals surface area (Å²) in [6.45, 7) is 4.68. The molecule has 2 aliphatic heterocycles. The molecule has 4 rings (SSSR count). The molecule has 1 aromatic heterocycles. The largest absolute Gasteiger partial charge is 0.486 e. The molecule has 1 amide bonds. The molecule has 2 aliphatic rings. The van der Waals surface area contributed by atoms with Gasteiger partial charge in [-0.2, -0.15) is 5.10 Å². The number of nitrogens with one attached hydrogen (secondary N) is 1. The first-order valence-corrected chi connectivity index (χ1v) is 9.91. The Labute approximate surface area is 169 Å². The van der Waals surface area contributed by atoms with Crippen LogP contribution in [-0.2, 0) is 11.4 Å². The number of carbonyl (C=O) groups excluding carboxylic acids is 1. The highest BCUT2D eigenvalue weighted by Gasteiger charge is 2.30. The van der Waals surface area contributed by atoms with Crippen LogP contribution in [0.1, 0.15) is 24.4 Å². The minimum atomic E-state index is -0.309. The molecular formula is C21H25FN4O3. The summed E-state index contributed by atoms with van der Waals surface area (Å²) in [5.74, 6) is 1.25. The average Bonchev–Trinajstić information content (AvgIpc) is 3.36. The van der Waals surface area contributed by atoms with Crippen LogP contribution in [0, 0.1) is 5.82 Å². The molecule has 1 N–H and O–H groups in total. The SMILES string of the molecule is O=C(CN1CCN2CCCC2C1)NN=Cc1ccc(COc2ccc(F)cc2)o1. The number of fused-ring (bicyclic) bond motifs is 1. The quantitative estimate of drug-likeness (QED) is 0.570. The summed E-state index contributed by atoms with van der Waals surface area (Å²) in [5, 5.41) is 3.98. The van der Waals surface area contributed by atoms with E-state index in [0.717, 1.165) is 19.6 Å². The van der Waals surface area contributed by atoms with Crippen LogP contribution in [0.25, 0.3) is 0 Å². The second-order valence-electron chi connectivity index (χ2n) is 7.41. The number of amides is 1. The average molecular weight is 400 g/mol. The van der Waals surface area contributed by atoms with Gasteiger partial charge in [-0.25, -0.2) is 9.82 Å². The number of halogens is 1. The fourth-order valence-electron chi connectivity index (χ4n) is 3.83. The Kier molecular flexibility index (Phi) is 6.21. The van der Waals surface area contributed by atoms with E-state index in [2.05, 4.69) is 20.3 Å². The van der Waals surface area contributed by atoms with Crippen molar-refractivity contribution >= 4 is 12.1 Å². The van der Waals surface area contributed by atoms with Crippen molar-refractivity contribution < 1.29 is 18.3 Å². The van der Waals surface area contributed by atoms with Gasteiger partial charge in [0.1, 0.15) is 29.7 Å². The van der Waals surface area contributed by atoms with Crippen LogP contribution < -0.4 is 10.2 Å². The van der Waals surface area contributed by atoms with Gasteiger partial charge in [-0.3, -0.25) is 14.6 Å². The number of benzene rings is 1. The third kappa shape index (κ3) is 5.42. The molecule has 0 saturated carbocycles. The molecule has 7 nitrogen and oxygen atoms in total. The second-order valence-corrected chi connectivity index (χ2v) is 7.41. The lowest BCUT2D eigenvalue weighted by Gasteiger charge is -2.36. The zero-order chi connectivity index (χ0) is 20.1. The molecular weight excluding hydrogens is 375 g/mol. The smallest absolute Gasteiger partial charge is 0.254 e. The summed E-state index contributed by atoms with van der Waals surface area (Å²) >= 11 is 0. The number of nitrogens with zero attached hydrogens (tertiary/aromatic N) is 3. The zero-order valence-corrected chi connectivity index (χ0v) is 16.2. The minimum absolute atomic E-state index is 0.126. The third-order valence-electron chi connectivity index (χ3n) is 5.30. The Hall–Kier alpha value is -2.71. The van der Waals surface area contributed by atoms with Crippen LogP contribution >= 0.6 is 0 Å². The first-order chi connectivity index (χ1) is 14.2. The highest BCUT2D eigenvalue weighted by molar-refractivity contribution is 5.81. The lowest BCUT2D eigenvalue weighted by molar-refractivity contribution is -0.122. The first kappa shape index (κ1) is 19.6. The molecule has 2 aromatic rings. The van der Waals surface area contributed by atoms with Crippen LogP contribution in [0.2, 0.25) is 0 Å². The molecule has 0 spiro atoms. The molecule has 1 unspecified atom stereocenters. The molecule has 1 atom stereocenters. The molecule has 2 fully saturated rings. The maximum atomic E-state index is 12.9. The molecule has 3 heterocycles. The van der Waals surface area contributed by atoms with E-state index in [1.165, 1.54) is 37.7 Å². The molecule has 2 saturated heterocycles. The van der Waals surface area contributed by atoms with Crippen LogP contribution in [0.5, 0.6) is 5.75 Å². The van der Waals surface area contributed by atoms with Crippen LogP contribution in [0.4, 0.5) is 4.39 Å². The van der Waals surface area contributed by atoms with E-state index in [0.29, 0.717) is 29.9 Å². The molecule has 8 heteroatoms. The number of hydrazone groups is 1. The number of carbonyl (C=O) groups is 1. The Bertz CT molecular complexity index is 852. The number of furan rings is 1. The Morgan fingerprint density at radius 2 is 2.10 bits per heavy atom. The highest BCUT2D eigenvalue weighted by atomic mass is 19.1. The van der Waals surface area contributed by atoms with E-state index in [4.69, 9.17) is 9.15 Å². The number of ether oxygens (including phenoxy) is 1. The summed E-state index contributed by atoms with van der Waals surface area (Å²) in [6.07, 6.45) is 3.95. The maximum Gasteiger partial charge on any atom is 0.254 e. The van der Waals surface area contributed by atoms with Gasteiger partial charge >= 0.3 is 0 Å². The van der Waals surface area contributed by atoms with E-state index in [1.54, 1.807) is 24.3 Å². The van der Waals surface area contributed by atoms with Crippen molar-refractivity contribution in [3.8, 4) is 5.75 Å². The van der Waals surface area contributed by atoms with Crippen molar-refractivity contribution in [1.29, 1.82) is 0 Å². The molecule has 0 aliphatic carbocycles. The number of piperazine rings is 1. The summed E-state index contributed by atoms with van der Waals surface area (Å²) in [6, 6.07) is 9.91. The summed E-state index contributed by atoms with van der Waals surface area (Å²) in [5.41, 5.74) is 2.56. The van der Waals surface area contributed by atoms with E-state index < -0.39 is 0 Å². The van der Waals surface area contributed by atoms with Crippen molar-refractivity contribution in [3.05, 3.63) is 53.7 Å². The maximum absolute atomic E-state index is 12.9. The first-order valence-electron chi connectivity index (χ1n) is 9.91. The van der Waals surface area contributed by atoms with Gasteiger partial charge in [-0.1, -0.05) is 0 Å². The number of rotatable bonds is 7. The molecule has 154 valence electrons. The van der Waals surface area contributed by atoms with Crippen LogP contribution in [0.3, 0.4) is 0 Å². The third-order valence-corrected chi connectivity index (χ3v) is 5.30. The number of hydrogen-bond donors (Lipinski definition) is 1. The van der Waals surface area contributed by atoms with Gasteiger partial charge in [-0.15, -0.1) is 0 Å². The van der Waals surface area contributed by atoms with Crippen molar-refractivity contribution in [3.63, 3.8) is 0 Å². The van der Waals surface area contributed by atoms with E-state index in [-0.39, 0.29) is 18.3 Å². The predicted molar refractivity (Wildman–Crippen MR) is 106 cm³/mol. The lowest BCUT2D eigenvalue weighted by Crippen LogP contribution is -2.52. The zero-order valence-electron chi connectivity index (χ0n) is 16.2. The van der Waals surface area contributed by atoms with Gasteiger partial charge in [0.2, 0.25) is 0 Å². The Morgan fingerprint density at radius 1 is 1.24 bits per heavy atom. The normalized spacial score (nSPS) is 20.1. The minimum Gasteiger partial charge on any atom is -0.486 e. The van der Waals surface area contributed by atoms with Crippen molar-refractivity contribution in [2.45, 2.75) is 25.5 Å². The second kappa shape index (κ2) is 9.19. The van der Waals surface area contributed by atoms with Gasteiger partial charge in [0.15, 0.2) is 0 Å². The topological polar surface area (TPSA) is 70.3 Å². The van der Waals surface area contributed by atoms with Gasteiger partial charge < -0.3 is 9.15 Å². The molecule has 29 heavy (non-hydrogen) atoms. The van der Waals surface area contributed by atoms with Gasteiger partial charge in [0.05, 0.1) is 12.8 Å². The standard InChI is InChI=1S/C21H25FN4O3/c22-16-3-5-18(6-4-16)28-15-20-8-7-19(29-20)12-23-24-21(27)14-25-10-11-26-9-1-2-17(26)13-25/h3-8,12,17H,1-2,9-11,13-15H2,(H,24,27). The number of hydrogen-bond acceptors (Lipinski definition) is 6. The van der Waals surface area contributed by atoms with Crippen molar-refractivity contribution in [2.75, 3.05) is 32.7 Å². The summed E-state index contributed by atoms with van der Waals surface area (Å²) < 4.78 is 24.0. The van der Waals surface area contributed by atoms with E-state index >= 15 is 0 Å². The van der Waals surface area contributed by atoms with Crippen molar-refractivity contribution in [2.24, 2.45) is 5.10 Å². The van der Waals surface area contributed by atoms with Crippen LogP contribution in [0.15, 0.2) is 45.9 Å². The lowest BCUT2D eigenvalue weighted by atomic mass is 10.1. The Balaban J connectivity index is 1.19. The van der Waals surface area contributed by atoms with E-state index in [9.17, 15) is 9.18 Å². The Morgan fingerprint density at radius 3 is 2.97 bits per heavy atom. The molecule has 0 radical (unpaired) electrons. The van der Waals surface area contributed by atoms with E-state index in [1.807, 2.05) is 0 Å². The summed E-state index contributed by atoms with van der Waals surface area (Å²) in [4.78, 5) is 16.8. The highest BCUT2D eigenvalue weighted by Crippen LogP contribution is 2.21. The molecule has 1 aromatic carbocycles. The van der Waals surface area contributed by atoms with Gasteiger partial charge in [0, 0.05) is 25.7 Å². The molecule has 0 bridgehead atoms. The monoisotopic (exact) mass is 400 g/mol. The van der Waals surface area contributed by atoms with Crippen molar-refractivity contribution in [1.82, 2.24) is 15.2 Å².